The average molecular weight is 160 g/mol. The Morgan fingerprint density at radius 1 is 1.17 bits per heavy atom. The van der Waals surface area contributed by atoms with Gasteiger partial charge in [-0.3, -0.25) is 0 Å². The van der Waals surface area contributed by atoms with E-state index in [-0.39, 0.29) is 5.92 Å². The van der Waals surface area contributed by atoms with Gasteiger partial charge in [-0.25, -0.2) is 0 Å². The standard InChI is InChI=1S/C11H12O/c12-11-8-4-7-10(11)9-5-2-1-3-6-9/h1-3,5-6,8,10,12H,4,7H2. The lowest BCUT2D eigenvalue weighted by Crippen LogP contribution is -1.96. The molecule has 0 spiro atoms. The van der Waals surface area contributed by atoms with E-state index >= 15 is 0 Å². The van der Waals surface area contributed by atoms with E-state index in [0.29, 0.717) is 5.76 Å². The summed E-state index contributed by atoms with van der Waals surface area (Å²) >= 11 is 0. The van der Waals surface area contributed by atoms with Gasteiger partial charge in [0.15, 0.2) is 0 Å². The average Bonchev–Trinajstić information content (AvgIpc) is 2.53. The van der Waals surface area contributed by atoms with E-state index in [1.165, 1.54) is 5.56 Å². The summed E-state index contributed by atoms with van der Waals surface area (Å²) in [6.07, 6.45) is 3.97. The fourth-order valence-electron chi connectivity index (χ4n) is 1.71. The van der Waals surface area contributed by atoms with Crippen LogP contribution in [0.15, 0.2) is 42.2 Å². The normalized spacial score (nSPS) is 22.3. The molecule has 2 rings (SSSR count). The second-order valence-corrected chi connectivity index (χ2v) is 3.17. The van der Waals surface area contributed by atoms with Gasteiger partial charge in [-0.05, 0) is 24.5 Å². The molecule has 0 fully saturated rings. The van der Waals surface area contributed by atoms with Crippen LogP contribution in [0.25, 0.3) is 0 Å². The van der Waals surface area contributed by atoms with Gasteiger partial charge < -0.3 is 5.11 Å². The van der Waals surface area contributed by atoms with Crippen molar-refractivity contribution in [3.05, 3.63) is 47.7 Å². The lowest BCUT2D eigenvalue weighted by molar-refractivity contribution is 0.376. The van der Waals surface area contributed by atoms with Crippen molar-refractivity contribution in [3.8, 4) is 0 Å². The summed E-state index contributed by atoms with van der Waals surface area (Å²) in [5, 5.41) is 9.50. The maximum Gasteiger partial charge on any atom is 0.0957 e. The molecule has 12 heavy (non-hydrogen) atoms. The fraction of sp³-hybridized carbons (Fsp3) is 0.273. The lowest BCUT2D eigenvalue weighted by atomic mass is 9.98. The molecule has 1 nitrogen and oxygen atoms in total. The Kier molecular flexibility index (Phi) is 1.86. The summed E-state index contributed by atoms with van der Waals surface area (Å²) in [5.41, 5.74) is 1.23. The molecule has 1 N–H and O–H groups in total. The van der Waals surface area contributed by atoms with E-state index < -0.39 is 0 Å². The first kappa shape index (κ1) is 7.41. The molecule has 1 aromatic carbocycles. The smallest absolute Gasteiger partial charge is 0.0957 e. The number of rotatable bonds is 1. The molecule has 0 heterocycles. The van der Waals surface area contributed by atoms with E-state index in [0.717, 1.165) is 12.8 Å². The number of aliphatic hydroxyl groups is 1. The van der Waals surface area contributed by atoms with Crippen molar-refractivity contribution in [2.24, 2.45) is 0 Å². The Balaban J connectivity index is 2.27. The molecule has 62 valence electrons. The molecule has 0 aliphatic heterocycles. The number of allylic oxidation sites excluding steroid dienone is 2. The summed E-state index contributed by atoms with van der Waals surface area (Å²) < 4.78 is 0. The maximum absolute atomic E-state index is 9.50. The summed E-state index contributed by atoms with van der Waals surface area (Å²) in [6, 6.07) is 10.2. The highest BCUT2D eigenvalue weighted by molar-refractivity contribution is 5.28. The van der Waals surface area contributed by atoms with Crippen LogP contribution >= 0.6 is 0 Å². The maximum atomic E-state index is 9.50. The molecule has 1 aliphatic carbocycles. The number of hydrogen-bond acceptors (Lipinski definition) is 1. The van der Waals surface area contributed by atoms with Gasteiger partial charge in [0.25, 0.3) is 0 Å². The second kappa shape index (κ2) is 3.02. The molecule has 1 unspecified atom stereocenters. The summed E-state index contributed by atoms with van der Waals surface area (Å²) in [4.78, 5) is 0. The monoisotopic (exact) mass is 160 g/mol. The van der Waals surface area contributed by atoms with Crippen molar-refractivity contribution in [2.45, 2.75) is 18.8 Å². The van der Waals surface area contributed by atoms with Crippen LogP contribution < -0.4 is 0 Å². The van der Waals surface area contributed by atoms with Crippen molar-refractivity contribution in [1.29, 1.82) is 0 Å². The quantitative estimate of drug-likeness (QED) is 0.669. The van der Waals surface area contributed by atoms with Crippen LogP contribution in [-0.4, -0.2) is 5.11 Å². The first-order valence-electron chi connectivity index (χ1n) is 4.32. The third kappa shape index (κ3) is 1.22. The zero-order valence-electron chi connectivity index (χ0n) is 6.90. The minimum Gasteiger partial charge on any atom is -0.512 e. The highest BCUT2D eigenvalue weighted by Gasteiger charge is 2.19. The Bertz CT molecular complexity index is 287. The van der Waals surface area contributed by atoms with Gasteiger partial charge >= 0.3 is 0 Å². The lowest BCUT2D eigenvalue weighted by Gasteiger charge is -2.09. The van der Waals surface area contributed by atoms with Crippen molar-refractivity contribution >= 4 is 0 Å². The van der Waals surface area contributed by atoms with Crippen LogP contribution in [0, 0.1) is 0 Å². The van der Waals surface area contributed by atoms with Gasteiger partial charge in [0.1, 0.15) is 0 Å². The third-order valence-electron chi connectivity index (χ3n) is 2.37. The molecule has 0 aromatic heterocycles. The predicted octanol–water partition coefficient (Wildman–Crippen LogP) is 3.01. The fourth-order valence-corrected chi connectivity index (χ4v) is 1.71. The predicted molar refractivity (Wildman–Crippen MR) is 49.1 cm³/mol. The highest BCUT2D eigenvalue weighted by Crippen LogP contribution is 2.32. The van der Waals surface area contributed by atoms with Crippen molar-refractivity contribution in [2.75, 3.05) is 0 Å². The van der Waals surface area contributed by atoms with E-state index in [9.17, 15) is 5.11 Å². The van der Waals surface area contributed by atoms with Crippen molar-refractivity contribution < 1.29 is 5.11 Å². The molecule has 0 saturated heterocycles. The third-order valence-corrected chi connectivity index (χ3v) is 2.37. The van der Waals surface area contributed by atoms with Gasteiger partial charge in [0.2, 0.25) is 0 Å². The first-order valence-corrected chi connectivity index (χ1v) is 4.32. The van der Waals surface area contributed by atoms with E-state index in [1.807, 2.05) is 24.3 Å². The molecule has 1 aliphatic rings. The van der Waals surface area contributed by atoms with E-state index in [2.05, 4.69) is 12.1 Å². The van der Waals surface area contributed by atoms with Crippen LogP contribution in [0.1, 0.15) is 24.3 Å². The molecule has 0 radical (unpaired) electrons. The molecule has 1 aromatic rings. The molecule has 1 atom stereocenters. The van der Waals surface area contributed by atoms with E-state index in [1.54, 1.807) is 0 Å². The van der Waals surface area contributed by atoms with Crippen LogP contribution in [-0.2, 0) is 0 Å². The summed E-state index contributed by atoms with van der Waals surface area (Å²) in [7, 11) is 0. The molecular weight excluding hydrogens is 148 g/mol. The zero-order valence-corrected chi connectivity index (χ0v) is 6.90. The largest absolute Gasteiger partial charge is 0.512 e. The topological polar surface area (TPSA) is 20.2 Å². The Labute approximate surface area is 72.4 Å². The second-order valence-electron chi connectivity index (χ2n) is 3.17. The van der Waals surface area contributed by atoms with Gasteiger partial charge in [-0.1, -0.05) is 30.3 Å². The minimum absolute atomic E-state index is 0.256. The van der Waals surface area contributed by atoms with Gasteiger partial charge in [-0.15, -0.1) is 0 Å². The Morgan fingerprint density at radius 2 is 1.92 bits per heavy atom. The molecule has 1 heteroatoms. The van der Waals surface area contributed by atoms with Gasteiger partial charge in [-0.2, -0.15) is 0 Å². The molecule has 0 saturated carbocycles. The van der Waals surface area contributed by atoms with Crippen LogP contribution in [0.4, 0.5) is 0 Å². The Morgan fingerprint density at radius 3 is 2.50 bits per heavy atom. The van der Waals surface area contributed by atoms with Crippen LogP contribution in [0.5, 0.6) is 0 Å². The highest BCUT2D eigenvalue weighted by atomic mass is 16.3. The Hall–Kier alpha value is -1.24. The van der Waals surface area contributed by atoms with E-state index in [4.69, 9.17) is 0 Å². The van der Waals surface area contributed by atoms with Crippen LogP contribution in [0.2, 0.25) is 0 Å². The SMILES string of the molecule is OC1=CCCC1c1ccccc1. The van der Waals surface area contributed by atoms with Crippen molar-refractivity contribution in [1.82, 2.24) is 0 Å². The number of hydrogen-bond donors (Lipinski definition) is 1. The zero-order chi connectivity index (χ0) is 8.39. The van der Waals surface area contributed by atoms with Gasteiger partial charge in [0.05, 0.1) is 5.76 Å². The van der Waals surface area contributed by atoms with Crippen LogP contribution in [0.3, 0.4) is 0 Å². The first-order chi connectivity index (χ1) is 5.88. The minimum atomic E-state index is 0.256. The van der Waals surface area contributed by atoms with Gasteiger partial charge in [0, 0.05) is 5.92 Å². The summed E-state index contributed by atoms with van der Waals surface area (Å²) in [5.74, 6) is 0.799. The molecule has 0 bridgehead atoms. The molecular formula is C11H12O. The molecule has 0 amide bonds. The number of aliphatic hydroxyl groups excluding tert-OH is 1. The van der Waals surface area contributed by atoms with Crippen molar-refractivity contribution in [3.63, 3.8) is 0 Å². The summed E-state index contributed by atoms with van der Waals surface area (Å²) in [6.45, 7) is 0. The number of benzene rings is 1.